The molecule has 0 bridgehead atoms. The van der Waals surface area contributed by atoms with Crippen molar-refractivity contribution < 1.29 is 32.9 Å². The Morgan fingerprint density at radius 1 is 1.00 bits per heavy atom. The van der Waals surface area contributed by atoms with Crippen LogP contribution in [0.3, 0.4) is 0 Å². The van der Waals surface area contributed by atoms with Gasteiger partial charge in [-0.1, -0.05) is 23.7 Å². The van der Waals surface area contributed by atoms with E-state index in [4.69, 9.17) is 39.7 Å². The van der Waals surface area contributed by atoms with Crippen LogP contribution in [0.4, 0.5) is 5.69 Å². The number of rotatable bonds is 5. The molecule has 3 heterocycles. The number of hydrogen-bond acceptors (Lipinski definition) is 8. The fourth-order valence-electron chi connectivity index (χ4n) is 4.77. The van der Waals surface area contributed by atoms with Gasteiger partial charge in [0.15, 0.2) is 17.6 Å². The summed E-state index contributed by atoms with van der Waals surface area (Å²) >= 11 is 5.99. The average Bonchev–Trinajstić information content (AvgIpc) is 3.55. The van der Waals surface area contributed by atoms with Crippen molar-refractivity contribution >= 4 is 34.2 Å². The summed E-state index contributed by atoms with van der Waals surface area (Å²) in [6.45, 7) is -0.0312. The van der Waals surface area contributed by atoms with E-state index in [9.17, 15) is 9.59 Å². The largest absolute Gasteiger partial charge is 0.493 e. The van der Waals surface area contributed by atoms with Gasteiger partial charge >= 0.3 is 5.63 Å². The molecule has 2 aliphatic heterocycles. The molecule has 0 saturated heterocycles. The van der Waals surface area contributed by atoms with E-state index in [1.165, 1.54) is 14.2 Å². The van der Waals surface area contributed by atoms with Gasteiger partial charge in [-0.2, -0.15) is 0 Å². The van der Waals surface area contributed by atoms with Crippen molar-refractivity contribution in [1.82, 2.24) is 0 Å². The van der Waals surface area contributed by atoms with Crippen LogP contribution in [0.25, 0.3) is 11.0 Å². The topological polar surface area (TPSA) is 105 Å². The molecule has 37 heavy (non-hydrogen) atoms. The Balaban J connectivity index is 1.56. The maximum atomic E-state index is 13.7. The van der Waals surface area contributed by atoms with Crippen LogP contribution < -0.4 is 34.6 Å². The SMILES string of the molecule is COc1cc([C@H]2c3c(c4ccccc4oc3=O)O[C@H]2C(=O)Nc2ccc(Cl)cc2)c(OC)c2c1OCO2. The lowest BCUT2D eigenvalue weighted by atomic mass is 9.87. The molecule has 0 spiro atoms. The highest BCUT2D eigenvalue weighted by Crippen LogP contribution is 2.55. The van der Waals surface area contributed by atoms with Gasteiger partial charge in [-0.3, -0.25) is 4.79 Å². The number of ether oxygens (including phenoxy) is 5. The predicted molar refractivity (Wildman–Crippen MR) is 134 cm³/mol. The summed E-state index contributed by atoms with van der Waals surface area (Å²) in [6, 6.07) is 15.3. The van der Waals surface area contributed by atoms with Gasteiger partial charge in [0, 0.05) is 16.3 Å². The van der Waals surface area contributed by atoms with Gasteiger partial charge in [-0.05, 0) is 42.5 Å². The molecule has 1 aromatic heterocycles. The molecule has 2 atom stereocenters. The molecule has 0 unspecified atom stereocenters. The van der Waals surface area contributed by atoms with Gasteiger partial charge in [0.2, 0.25) is 18.3 Å². The summed E-state index contributed by atoms with van der Waals surface area (Å²) < 4.78 is 34.4. The molecule has 0 aliphatic carbocycles. The zero-order valence-corrected chi connectivity index (χ0v) is 20.5. The van der Waals surface area contributed by atoms with Crippen LogP contribution in [0.5, 0.6) is 28.7 Å². The second-order valence-corrected chi connectivity index (χ2v) is 8.84. The number of nitrogens with one attached hydrogen (secondary N) is 1. The molecular weight excluding hydrogens is 502 g/mol. The zero-order chi connectivity index (χ0) is 25.7. The van der Waals surface area contributed by atoms with Crippen LogP contribution in [0.1, 0.15) is 17.0 Å². The third-order valence-electron chi connectivity index (χ3n) is 6.38. The molecule has 1 N–H and O–H groups in total. The lowest BCUT2D eigenvalue weighted by molar-refractivity contribution is -0.122. The van der Waals surface area contributed by atoms with Gasteiger partial charge in [0.05, 0.1) is 31.1 Å². The third kappa shape index (κ3) is 3.70. The van der Waals surface area contributed by atoms with Crippen molar-refractivity contribution in [2.45, 2.75) is 12.0 Å². The molecule has 1 amide bonds. The highest BCUT2D eigenvalue weighted by atomic mass is 35.5. The van der Waals surface area contributed by atoms with Crippen LogP contribution in [-0.4, -0.2) is 33.0 Å². The molecule has 188 valence electrons. The van der Waals surface area contributed by atoms with E-state index in [0.717, 1.165) is 0 Å². The van der Waals surface area contributed by atoms with Crippen LogP contribution in [0.2, 0.25) is 5.02 Å². The summed E-state index contributed by atoms with van der Waals surface area (Å²) in [7, 11) is 2.95. The minimum absolute atomic E-state index is 0.0312. The number of para-hydroxylation sites is 1. The van der Waals surface area contributed by atoms with Crippen LogP contribution >= 0.6 is 11.6 Å². The van der Waals surface area contributed by atoms with Gasteiger partial charge < -0.3 is 33.4 Å². The van der Waals surface area contributed by atoms with Crippen molar-refractivity contribution in [2.24, 2.45) is 0 Å². The number of carbonyl (C=O) groups is 1. The summed E-state index contributed by atoms with van der Waals surface area (Å²) in [5, 5.41) is 3.94. The van der Waals surface area contributed by atoms with Crippen molar-refractivity contribution in [3.63, 3.8) is 0 Å². The van der Waals surface area contributed by atoms with Crippen LogP contribution in [0, 0.1) is 0 Å². The second kappa shape index (κ2) is 8.94. The van der Waals surface area contributed by atoms with Gasteiger partial charge in [-0.25, -0.2) is 4.79 Å². The first-order chi connectivity index (χ1) is 18.0. The van der Waals surface area contributed by atoms with Gasteiger partial charge in [0.25, 0.3) is 5.91 Å². The lowest BCUT2D eigenvalue weighted by Crippen LogP contribution is -2.35. The van der Waals surface area contributed by atoms with Gasteiger partial charge in [0.1, 0.15) is 11.3 Å². The Bertz CT molecular complexity index is 1600. The number of carbonyl (C=O) groups excluding carboxylic acids is 1. The fourth-order valence-corrected chi connectivity index (χ4v) is 4.90. The molecule has 2 aliphatic rings. The number of amides is 1. The molecular formula is C27H20ClNO8. The quantitative estimate of drug-likeness (QED) is 0.376. The lowest BCUT2D eigenvalue weighted by Gasteiger charge is -2.22. The number of benzene rings is 3. The van der Waals surface area contributed by atoms with Crippen molar-refractivity contribution in [3.05, 3.63) is 81.2 Å². The van der Waals surface area contributed by atoms with E-state index in [2.05, 4.69) is 5.32 Å². The van der Waals surface area contributed by atoms with Crippen molar-refractivity contribution in [3.8, 4) is 28.7 Å². The molecule has 10 heteroatoms. The van der Waals surface area contributed by atoms with E-state index in [-0.39, 0.29) is 18.1 Å². The number of methoxy groups -OCH3 is 2. The molecule has 0 saturated carbocycles. The number of hydrogen-bond donors (Lipinski definition) is 1. The minimum Gasteiger partial charge on any atom is -0.493 e. The van der Waals surface area contributed by atoms with Crippen LogP contribution in [0.15, 0.2) is 63.8 Å². The summed E-state index contributed by atoms with van der Waals surface area (Å²) in [6.07, 6.45) is -1.15. The highest BCUT2D eigenvalue weighted by Gasteiger charge is 2.47. The average molecular weight is 522 g/mol. The van der Waals surface area contributed by atoms with E-state index in [1.807, 2.05) is 0 Å². The first-order valence-corrected chi connectivity index (χ1v) is 11.7. The van der Waals surface area contributed by atoms with E-state index < -0.39 is 23.6 Å². The Hall–Kier alpha value is -4.37. The van der Waals surface area contributed by atoms with E-state index >= 15 is 0 Å². The molecule has 3 aromatic carbocycles. The fraction of sp³-hybridized carbons (Fsp3) is 0.185. The molecule has 6 rings (SSSR count). The molecule has 9 nitrogen and oxygen atoms in total. The third-order valence-corrected chi connectivity index (χ3v) is 6.63. The Labute approximate surface area is 215 Å². The minimum atomic E-state index is -1.15. The summed E-state index contributed by atoms with van der Waals surface area (Å²) in [5.41, 5.74) is 0.869. The Morgan fingerprint density at radius 3 is 2.51 bits per heavy atom. The smallest absolute Gasteiger partial charge is 0.344 e. The van der Waals surface area contributed by atoms with Gasteiger partial charge in [-0.15, -0.1) is 0 Å². The Morgan fingerprint density at radius 2 is 1.76 bits per heavy atom. The first kappa shape index (κ1) is 23.1. The number of fused-ring (bicyclic) bond motifs is 4. The number of anilines is 1. The first-order valence-electron chi connectivity index (χ1n) is 11.3. The zero-order valence-electron chi connectivity index (χ0n) is 19.7. The Kier molecular flexibility index (Phi) is 5.57. The van der Waals surface area contributed by atoms with E-state index in [0.29, 0.717) is 50.2 Å². The second-order valence-electron chi connectivity index (χ2n) is 8.41. The van der Waals surface area contributed by atoms with Crippen molar-refractivity contribution in [2.75, 3.05) is 26.3 Å². The maximum absolute atomic E-state index is 13.7. The highest BCUT2D eigenvalue weighted by molar-refractivity contribution is 6.30. The molecule has 4 aromatic rings. The maximum Gasteiger partial charge on any atom is 0.344 e. The normalized spacial score (nSPS) is 17.3. The standard InChI is InChI=1S/C27H20ClNO8/c1-32-18-11-16(22(33-2)25-23(18)34-12-35-25)19-20-21(15-5-3-4-6-17(15)36-27(20)31)37-24(19)26(30)29-14-9-7-13(28)8-10-14/h3-11,19,24H,12H2,1-2H3,(H,29,30)/t19-,24+/m0/s1. The number of halogens is 1. The van der Waals surface area contributed by atoms with E-state index in [1.54, 1.807) is 54.6 Å². The molecule has 0 radical (unpaired) electrons. The van der Waals surface area contributed by atoms with Crippen molar-refractivity contribution in [1.29, 1.82) is 0 Å². The monoisotopic (exact) mass is 521 g/mol. The summed E-state index contributed by atoms with van der Waals surface area (Å²) in [5.74, 6) is 0.215. The summed E-state index contributed by atoms with van der Waals surface area (Å²) in [4.78, 5) is 27.0. The molecule has 0 fully saturated rings. The van der Waals surface area contributed by atoms with Crippen LogP contribution in [-0.2, 0) is 4.79 Å². The predicted octanol–water partition coefficient (Wildman–Crippen LogP) is 4.72.